The zero-order chi connectivity index (χ0) is 12.4. The van der Waals surface area contributed by atoms with Crippen LogP contribution in [0.2, 0.25) is 5.02 Å². The first-order chi connectivity index (χ1) is 7.27. The lowest BCUT2D eigenvalue weighted by atomic mass is 10.0. The number of rotatable bonds is 4. The fourth-order valence-electron chi connectivity index (χ4n) is 1.28. The maximum absolute atomic E-state index is 12.1. The molecule has 0 saturated carbocycles. The minimum absolute atomic E-state index is 0.118. The van der Waals surface area contributed by atoms with Gasteiger partial charge in [0.15, 0.2) is 9.84 Å². The summed E-state index contributed by atoms with van der Waals surface area (Å²) in [7, 11) is -3.24. The molecular weight excluding hydrogens is 312 g/mol. The zero-order valence-electron chi connectivity index (χ0n) is 9.20. The molecule has 0 fully saturated rings. The molecule has 16 heavy (non-hydrogen) atoms. The molecule has 1 aromatic carbocycles. The first kappa shape index (κ1) is 14.0. The maximum Gasteiger partial charge on any atom is 0.178 e. The lowest BCUT2D eigenvalue weighted by Crippen LogP contribution is -2.25. The van der Waals surface area contributed by atoms with Crippen LogP contribution in [0.3, 0.4) is 0 Å². The first-order valence-corrected chi connectivity index (χ1v) is 7.96. The molecule has 0 spiro atoms. The Balaban J connectivity index is 2.99. The van der Waals surface area contributed by atoms with Crippen molar-refractivity contribution in [1.82, 2.24) is 0 Å². The van der Waals surface area contributed by atoms with Gasteiger partial charge in [-0.3, -0.25) is 0 Å². The molecule has 0 radical (unpaired) electrons. The van der Waals surface area contributed by atoms with Gasteiger partial charge in [0, 0.05) is 10.4 Å². The van der Waals surface area contributed by atoms with Gasteiger partial charge in [-0.1, -0.05) is 41.4 Å². The highest BCUT2D eigenvalue weighted by Crippen LogP contribution is 2.25. The summed E-state index contributed by atoms with van der Waals surface area (Å²) in [6.45, 7) is 3.82. The number of benzene rings is 1. The number of halogens is 2. The van der Waals surface area contributed by atoms with Crippen molar-refractivity contribution < 1.29 is 8.42 Å². The Labute approximate surface area is 110 Å². The van der Waals surface area contributed by atoms with Crippen molar-refractivity contribution in [3.63, 3.8) is 0 Å². The lowest BCUT2D eigenvalue weighted by molar-refractivity contribution is 0.475. The van der Waals surface area contributed by atoms with Crippen molar-refractivity contribution in [3.05, 3.63) is 29.3 Å². The van der Waals surface area contributed by atoms with Crippen LogP contribution in [0.5, 0.6) is 0 Å². The van der Waals surface area contributed by atoms with E-state index in [1.54, 1.807) is 24.3 Å². The lowest BCUT2D eigenvalue weighted by Gasteiger charge is -2.21. The van der Waals surface area contributed by atoms with Crippen LogP contribution in [0.25, 0.3) is 0 Å². The molecule has 0 amide bonds. The van der Waals surface area contributed by atoms with E-state index in [1.165, 1.54) is 0 Å². The molecule has 0 bridgehead atoms. The number of alkyl halides is 1. The summed E-state index contributed by atoms with van der Waals surface area (Å²) < 4.78 is 24.1. The molecular formula is C11H14BrClO2S. The van der Waals surface area contributed by atoms with Crippen molar-refractivity contribution in [2.75, 3.05) is 11.1 Å². The van der Waals surface area contributed by atoms with Gasteiger partial charge in [-0.25, -0.2) is 8.42 Å². The Kier molecular flexibility index (Phi) is 4.43. The first-order valence-electron chi connectivity index (χ1n) is 4.81. The van der Waals surface area contributed by atoms with Crippen LogP contribution in [0.4, 0.5) is 0 Å². The zero-order valence-corrected chi connectivity index (χ0v) is 12.4. The third-order valence-electron chi connectivity index (χ3n) is 2.12. The SMILES string of the molecule is CC(C)(CBr)CS(=O)(=O)c1ccc(Cl)cc1. The summed E-state index contributed by atoms with van der Waals surface area (Å²) >= 11 is 9.04. The fourth-order valence-corrected chi connectivity index (χ4v) is 3.71. The van der Waals surface area contributed by atoms with Gasteiger partial charge < -0.3 is 0 Å². The predicted octanol–water partition coefficient (Wildman–Crippen LogP) is 3.53. The second-order valence-electron chi connectivity index (χ2n) is 4.51. The van der Waals surface area contributed by atoms with Crippen molar-refractivity contribution in [2.45, 2.75) is 18.7 Å². The summed E-state index contributed by atoms with van der Waals surface area (Å²) in [6, 6.07) is 6.27. The minimum atomic E-state index is -3.24. The second kappa shape index (κ2) is 5.07. The van der Waals surface area contributed by atoms with E-state index in [-0.39, 0.29) is 11.2 Å². The number of hydrogen-bond donors (Lipinski definition) is 0. The van der Waals surface area contributed by atoms with Crippen LogP contribution in [-0.2, 0) is 9.84 Å². The molecule has 5 heteroatoms. The summed E-state index contributed by atoms with van der Waals surface area (Å²) in [5, 5.41) is 1.19. The molecule has 0 aromatic heterocycles. The van der Waals surface area contributed by atoms with Crippen molar-refractivity contribution in [2.24, 2.45) is 5.41 Å². The molecule has 0 heterocycles. The van der Waals surface area contributed by atoms with Gasteiger partial charge in [0.1, 0.15) is 0 Å². The van der Waals surface area contributed by atoms with Crippen LogP contribution in [0.1, 0.15) is 13.8 Å². The summed E-state index contributed by atoms with van der Waals surface area (Å²) in [6.07, 6.45) is 0. The van der Waals surface area contributed by atoms with E-state index < -0.39 is 9.84 Å². The average molecular weight is 326 g/mol. The highest BCUT2D eigenvalue weighted by Gasteiger charge is 2.26. The van der Waals surface area contributed by atoms with Gasteiger partial charge in [0.05, 0.1) is 10.6 Å². The van der Waals surface area contributed by atoms with Crippen LogP contribution in [0, 0.1) is 5.41 Å². The molecule has 0 aliphatic heterocycles. The Hall–Kier alpha value is -0.0600. The molecule has 0 aliphatic rings. The number of hydrogen-bond acceptors (Lipinski definition) is 2. The van der Waals surface area contributed by atoms with E-state index in [1.807, 2.05) is 13.8 Å². The third-order valence-corrected chi connectivity index (χ3v) is 6.04. The molecule has 0 atom stereocenters. The quantitative estimate of drug-likeness (QED) is 0.794. The standard InChI is InChI=1S/C11H14BrClO2S/c1-11(2,7-12)8-16(14,15)10-5-3-9(13)4-6-10/h3-6H,7-8H2,1-2H3. The molecule has 2 nitrogen and oxygen atoms in total. The van der Waals surface area contributed by atoms with Gasteiger partial charge in [-0.15, -0.1) is 0 Å². The summed E-state index contributed by atoms with van der Waals surface area (Å²) in [5.41, 5.74) is -0.279. The molecule has 0 unspecified atom stereocenters. The van der Waals surface area contributed by atoms with E-state index in [4.69, 9.17) is 11.6 Å². The van der Waals surface area contributed by atoms with Gasteiger partial charge in [0.2, 0.25) is 0 Å². The molecule has 90 valence electrons. The van der Waals surface area contributed by atoms with Gasteiger partial charge in [-0.2, -0.15) is 0 Å². The fraction of sp³-hybridized carbons (Fsp3) is 0.455. The highest BCUT2D eigenvalue weighted by atomic mass is 79.9. The van der Waals surface area contributed by atoms with E-state index >= 15 is 0 Å². The Morgan fingerprint density at radius 2 is 1.75 bits per heavy atom. The van der Waals surface area contributed by atoms with Crippen LogP contribution in [-0.4, -0.2) is 19.5 Å². The average Bonchev–Trinajstić information content (AvgIpc) is 2.17. The molecule has 0 aliphatic carbocycles. The van der Waals surface area contributed by atoms with Crippen LogP contribution in [0.15, 0.2) is 29.2 Å². The second-order valence-corrected chi connectivity index (χ2v) is 7.50. The summed E-state index contributed by atoms with van der Waals surface area (Å²) in [5.74, 6) is 0.118. The topological polar surface area (TPSA) is 34.1 Å². The van der Waals surface area contributed by atoms with Gasteiger partial charge >= 0.3 is 0 Å². The van der Waals surface area contributed by atoms with Crippen molar-refractivity contribution in [1.29, 1.82) is 0 Å². The van der Waals surface area contributed by atoms with Gasteiger partial charge in [0.25, 0.3) is 0 Å². The largest absolute Gasteiger partial charge is 0.224 e. The molecule has 1 aromatic rings. The Bertz CT molecular complexity index is 451. The van der Waals surface area contributed by atoms with E-state index in [9.17, 15) is 8.42 Å². The smallest absolute Gasteiger partial charge is 0.178 e. The van der Waals surface area contributed by atoms with E-state index in [2.05, 4.69) is 15.9 Å². The molecule has 0 N–H and O–H groups in total. The Morgan fingerprint density at radius 1 is 1.25 bits per heavy atom. The van der Waals surface area contributed by atoms with Crippen LogP contribution >= 0.6 is 27.5 Å². The third kappa shape index (κ3) is 3.75. The maximum atomic E-state index is 12.1. The minimum Gasteiger partial charge on any atom is -0.224 e. The van der Waals surface area contributed by atoms with E-state index in [0.29, 0.717) is 15.2 Å². The normalized spacial score (nSPS) is 12.8. The molecule has 1 rings (SSSR count). The van der Waals surface area contributed by atoms with Gasteiger partial charge in [-0.05, 0) is 29.7 Å². The monoisotopic (exact) mass is 324 g/mol. The van der Waals surface area contributed by atoms with Crippen LogP contribution < -0.4 is 0 Å². The Morgan fingerprint density at radius 3 is 2.19 bits per heavy atom. The number of sulfone groups is 1. The highest BCUT2D eigenvalue weighted by molar-refractivity contribution is 9.09. The molecule has 0 saturated heterocycles. The van der Waals surface area contributed by atoms with Crippen molar-refractivity contribution >= 4 is 37.4 Å². The van der Waals surface area contributed by atoms with Crippen molar-refractivity contribution in [3.8, 4) is 0 Å². The van der Waals surface area contributed by atoms with E-state index in [0.717, 1.165) is 0 Å². The summed E-state index contributed by atoms with van der Waals surface area (Å²) in [4.78, 5) is 0.325. The predicted molar refractivity (Wildman–Crippen MR) is 71.1 cm³/mol.